The molecule has 0 N–H and O–H groups in total. The minimum atomic E-state index is 0.411. The first kappa shape index (κ1) is 16.9. The molecule has 2 aromatic rings. The highest BCUT2D eigenvalue weighted by Gasteiger charge is 2.14. The third-order valence-corrected chi connectivity index (χ3v) is 4.92. The molecule has 0 aliphatic heterocycles. The van der Waals surface area contributed by atoms with Gasteiger partial charge in [0, 0.05) is 18.2 Å². The summed E-state index contributed by atoms with van der Waals surface area (Å²) in [7, 11) is 1.65. The molecule has 0 bridgehead atoms. The van der Waals surface area contributed by atoms with Crippen molar-refractivity contribution in [3.63, 3.8) is 0 Å². The smallest absolute Gasteiger partial charge is 0.130 e. The summed E-state index contributed by atoms with van der Waals surface area (Å²) >= 11 is 17.0. The maximum absolute atomic E-state index is 6.06. The topological polar surface area (TPSA) is 25.4 Å². The van der Waals surface area contributed by atoms with Crippen LogP contribution < -0.4 is 4.31 Å². The van der Waals surface area contributed by atoms with Gasteiger partial charge in [-0.2, -0.15) is 0 Å². The first-order valence-electron chi connectivity index (χ1n) is 6.03. The number of pyridine rings is 1. The van der Waals surface area contributed by atoms with E-state index in [0.717, 1.165) is 20.7 Å². The lowest BCUT2D eigenvalue weighted by molar-refractivity contribution is 0.211. The van der Waals surface area contributed by atoms with Crippen LogP contribution in [0.1, 0.15) is 5.56 Å². The Hall–Kier alpha value is -0.460. The second-order valence-electron chi connectivity index (χ2n) is 4.29. The lowest BCUT2D eigenvalue weighted by atomic mass is 10.3. The maximum atomic E-state index is 6.06. The predicted octanol–water partition coefficient (Wildman–Crippen LogP) is 5.58. The first-order chi connectivity index (χ1) is 10.0. The van der Waals surface area contributed by atoms with Crippen LogP contribution in [0.15, 0.2) is 40.0 Å². The fraction of sp³-hybridized carbons (Fsp3) is 0.214. The summed E-state index contributed by atoms with van der Waals surface area (Å²) in [6.07, 6.45) is 1.81. The fourth-order valence-corrected chi connectivity index (χ4v) is 3.50. The molecule has 1 aromatic heterocycles. The second-order valence-corrected chi connectivity index (χ2v) is 6.95. The fourth-order valence-electron chi connectivity index (χ4n) is 1.64. The standard InChI is InChI=1S/C14H13BrCl2N2OS/c1-9-5-13(14(15)18-7-9)19(8-20-2)21-10-3-4-11(16)12(17)6-10/h3-7H,8H2,1-2H3. The number of rotatable bonds is 5. The normalized spacial score (nSPS) is 10.7. The number of halogens is 3. The number of methoxy groups -OCH3 is 1. The van der Waals surface area contributed by atoms with E-state index in [0.29, 0.717) is 16.8 Å². The molecule has 7 heteroatoms. The van der Waals surface area contributed by atoms with Gasteiger partial charge >= 0.3 is 0 Å². The summed E-state index contributed by atoms with van der Waals surface area (Å²) < 4.78 is 8.03. The van der Waals surface area contributed by atoms with Gasteiger partial charge in [-0.25, -0.2) is 4.98 Å². The third kappa shape index (κ3) is 4.50. The molecule has 0 fully saturated rings. The van der Waals surface area contributed by atoms with E-state index in [2.05, 4.69) is 20.9 Å². The molecule has 1 aromatic carbocycles. The monoisotopic (exact) mass is 406 g/mol. The van der Waals surface area contributed by atoms with Crippen molar-refractivity contribution in [3.8, 4) is 0 Å². The van der Waals surface area contributed by atoms with Crippen LogP contribution in [0.2, 0.25) is 10.0 Å². The molecule has 0 radical (unpaired) electrons. The zero-order valence-electron chi connectivity index (χ0n) is 11.4. The van der Waals surface area contributed by atoms with E-state index in [9.17, 15) is 0 Å². The van der Waals surface area contributed by atoms with Crippen molar-refractivity contribution in [2.45, 2.75) is 11.8 Å². The molecular formula is C14H13BrCl2N2OS. The molecule has 0 saturated carbocycles. The van der Waals surface area contributed by atoms with Gasteiger partial charge in [0.25, 0.3) is 0 Å². The Balaban J connectivity index is 2.30. The largest absolute Gasteiger partial charge is 0.363 e. The number of ether oxygens (including phenoxy) is 1. The minimum Gasteiger partial charge on any atom is -0.363 e. The van der Waals surface area contributed by atoms with Gasteiger partial charge in [0.15, 0.2) is 0 Å². The summed E-state index contributed by atoms with van der Waals surface area (Å²) in [4.78, 5) is 5.28. The van der Waals surface area contributed by atoms with Crippen LogP contribution in [0.25, 0.3) is 0 Å². The molecule has 0 aliphatic rings. The SMILES string of the molecule is COCN(Sc1ccc(Cl)c(Cl)c1)c1cc(C)cnc1Br. The van der Waals surface area contributed by atoms with Gasteiger partial charge in [-0.15, -0.1) is 0 Å². The van der Waals surface area contributed by atoms with Crippen molar-refractivity contribution in [3.05, 3.63) is 50.7 Å². The lowest BCUT2D eigenvalue weighted by Crippen LogP contribution is -2.18. The van der Waals surface area contributed by atoms with Crippen LogP contribution in [0, 0.1) is 6.92 Å². The molecule has 2 rings (SSSR count). The Morgan fingerprint density at radius 3 is 2.71 bits per heavy atom. The predicted molar refractivity (Wildman–Crippen MR) is 93.3 cm³/mol. The minimum absolute atomic E-state index is 0.411. The zero-order valence-corrected chi connectivity index (χ0v) is 15.4. The van der Waals surface area contributed by atoms with Crippen LogP contribution in [0.3, 0.4) is 0 Å². The van der Waals surface area contributed by atoms with E-state index >= 15 is 0 Å². The average Bonchev–Trinajstić information content (AvgIpc) is 2.45. The maximum Gasteiger partial charge on any atom is 0.130 e. The van der Waals surface area contributed by atoms with Crippen molar-refractivity contribution in [1.29, 1.82) is 0 Å². The van der Waals surface area contributed by atoms with E-state index in [1.54, 1.807) is 13.2 Å². The highest BCUT2D eigenvalue weighted by Crippen LogP contribution is 2.35. The lowest BCUT2D eigenvalue weighted by Gasteiger charge is -2.23. The van der Waals surface area contributed by atoms with Gasteiger partial charge in [0.05, 0.1) is 15.7 Å². The highest BCUT2D eigenvalue weighted by molar-refractivity contribution is 9.10. The molecule has 0 unspecified atom stereocenters. The van der Waals surface area contributed by atoms with E-state index in [1.807, 2.05) is 35.6 Å². The number of aryl methyl sites for hydroxylation is 1. The van der Waals surface area contributed by atoms with Gasteiger partial charge < -0.3 is 4.74 Å². The van der Waals surface area contributed by atoms with Crippen LogP contribution in [0.4, 0.5) is 5.69 Å². The molecule has 3 nitrogen and oxygen atoms in total. The van der Waals surface area contributed by atoms with Crippen molar-refractivity contribution in [2.75, 3.05) is 18.1 Å². The Bertz CT molecular complexity index is 642. The second kappa shape index (κ2) is 7.70. The quantitative estimate of drug-likeness (QED) is 0.367. The Morgan fingerprint density at radius 1 is 1.29 bits per heavy atom. The van der Waals surface area contributed by atoms with Gasteiger partial charge in [-0.05, 0) is 64.6 Å². The third-order valence-electron chi connectivity index (χ3n) is 2.58. The first-order valence-corrected chi connectivity index (χ1v) is 8.35. The van der Waals surface area contributed by atoms with Crippen molar-refractivity contribution < 1.29 is 4.74 Å². The molecule has 21 heavy (non-hydrogen) atoms. The molecule has 1 heterocycles. The molecule has 0 saturated heterocycles. The Morgan fingerprint density at radius 2 is 2.05 bits per heavy atom. The van der Waals surface area contributed by atoms with Crippen molar-refractivity contribution >= 4 is 56.8 Å². The summed E-state index contributed by atoms with van der Waals surface area (Å²) in [5.41, 5.74) is 2.01. The molecule has 0 atom stereocenters. The van der Waals surface area contributed by atoms with Crippen molar-refractivity contribution in [1.82, 2.24) is 4.98 Å². The van der Waals surface area contributed by atoms with Crippen LogP contribution >= 0.6 is 51.1 Å². The molecule has 0 amide bonds. The average molecular weight is 408 g/mol. The number of aromatic nitrogens is 1. The van der Waals surface area contributed by atoms with E-state index < -0.39 is 0 Å². The number of benzene rings is 1. The number of anilines is 1. The van der Waals surface area contributed by atoms with E-state index in [-0.39, 0.29) is 0 Å². The molecule has 0 aliphatic carbocycles. The van der Waals surface area contributed by atoms with Gasteiger partial charge in [-0.1, -0.05) is 23.2 Å². The van der Waals surface area contributed by atoms with Crippen LogP contribution in [0.5, 0.6) is 0 Å². The number of hydrogen-bond donors (Lipinski definition) is 0. The Kier molecular flexibility index (Phi) is 6.20. The van der Waals surface area contributed by atoms with Crippen molar-refractivity contribution in [2.24, 2.45) is 0 Å². The zero-order chi connectivity index (χ0) is 15.4. The van der Waals surface area contributed by atoms with Crippen LogP contribution in [-0.2, 0) is 4.74 Å². The van der Waals surface area contributed by atoms with Gasteiger partial charge in [-0.3, -0.25) is 4.31 Å². The summed E-state index contributed by atoms with van der Waals surface area (Å²) in [5.74, 6) is 0. The number of nitrogens with zero attached hydrogens (tertiary/aromatic N) is 2. The summed E-state index contributed by atoms with van der Waals surface area (Å²) in [5, 5.41) is 1.07. The molecular weight excluding hydrogens is 395 g/mol. The van der Waals surface area contributed by atoms with Crippen LogP contribution in [-0.4, -0.2) is 18.8 Å². The summed E-state index contributed by atoms with van der Waals surface area (Å²) in [6, 6.07) is 7.56. The molecule has 112 valence electrons. The van der Waals surface area contributed by atoms with E-state index in [4.69, 9.17) is 27.9 Å². The number of hydrogen-bond acceptors (Lipinski definition) is 4. The van der Waals surface area contributed by atoms with Gasteiger partial charge in [0.1, 0.15) is 11.3 Å². The van der Waals surface area contributed by atoms with Gasteiger partial charge in [0.2, 0.25) is 0 Å². The molecule has 0 spiro atoms. The summed E-state index contributed by atoms with van der Waals surface area (Å²) in [6.45, 7) is 2.41. The highest BCUT2D eigenvalue weighted by atomic mass is 79.9. The van der Waals surface area contributed by atoms with E-state index in [1.165, 1.54) is 11.9 Å². The Labute approximate surface area is 146 Å².